The minimum atomic E-state index is -0.574. The molecule has 0 saturated carbocycles. The molecule has 1 amide bonds. The number of rotatable bonds is 2. The standard InChI is InChI=1S/C12H15FN2O2/c1-2-10-8-15(5-6-17-10)12(16)9-3-4-11(13)14-7-9/h3-4,7,10H,2,5-6,8H2,1H3. The Hall–Kier alpha value is -1.49. The highest BCUT2D eigenvalue weighted by atomic mass is 19.1. The van der Waals surface area contributed by atoms with Gasteiger partial charge in [0.15, 0.2) is 0 Å². The number of aromatic nitrogens is 1. The van der Waals surface area contributed by atoms with Crippen molar-refractivity contribution in [3.8, 4) is 0 Å². The molecule has 4 nitrogen and oxygen atoms in total. The van der Waals surface area contributed by atoms with Gasteiger partial charge in [0.2, 0.25) is 5.95 Å². The van der Waals surface area contributed by atoms with E-state index in [0.29, 0.717) is 25.3 Å². The van der Waals surface area contributed by atoms with Gasteiger partial charge in [-0.3, -0.25) is 4.79 Å². The van der Waals surface area contributed by atoms with Crippen molar-refractivity contribution >= 4 is 5.91 Å². The number of amides is 1. The van der Waals surface area contributed by atoms with Crippen LogP contribution in [0, 0.1) is 5.95 Å². The van der Waals surface area contributed by atoms with Gasteiger partial charge in [-0.25, -0.2) is 4.98 Å². The Bertz CT molecular complexity index is 394. The highest BCUT2D eigenvalue weighted by molar-refractivity contribution is 5.93. The predicted octanol–water partition coefficient (Wildman–Crippen LogP) is 1.47. The van der Waals surface area contributed by atoms with Gasteiger partial charge in [0, 0.05) is 19.3 Å². The summed E-state index contributed by atoms with van der Waals surface area (Å²) in [6.45, 7) is 3.75. The molecule has 0 aromatic carbocycles. The quantitative estimate of drug-likeness (QED) is 0.733. The van der Waals surface area contributed by atoms with Crippen LogP contribution in [0.15, 0.2) is 18.3 Å². The summed E-state index contributed by atoms with van der Waals surface area (Å²) in [6.07, 6.45) is 2.25. The van der Waals surface area contributed by atoms with E-state index in [4.69, 9.17) is 4.74 Å². The van der Waals surface area contributed by atoms with E-state index in [2.05, 4.69) is 4.98 Å². The molecule has 5 heteroatoms. The summed E-state index contributed by atoms with van der Waals surface area (Å²) in [5.41, 5.74) is 0.420. The Morgan fingerprint density at radius 3 is 3.12 bits per heavy atom. The van der Waals surface area contributed by atoms with Crippen LogP contribution in [0.4, 0.5) is 4.39 Å². The summed E-state index contributed by atoms with van der Waals surface area (Å²) < 4.78 is 18.1. The van der Waals surface area contributed by atoms with Crippen LogP contribution < -0.4 is 0 Å². The molecule has 1 saturated heterocycles. The number of carbonyl (C=O) groups is 1. The molecule has 1 fully saturated rings. The highest BCUT2D eigenvalue weighted by Gasteiger charge is 2.24. The van der Waals surface area contributed by atoms with Crippen LogP contribution in [0.25, 0.3) is 0 Å². The van der Waals surface area contributed by atoms with Crippen molar-refractivity contribution in [1.82, 2.24) is 9.88 Å². The summed E-state index contributed by atoms with van der Waals surface area (Å²) in [4.78, 5) is 17.3. The minimum Gasteiger partial charge on any atom is -0.375 e. The summed E-state index contributed by atoms with van der Waals surface area (Å²) >= 11 is 0. The summed E-state index contributed by atoms with van der Waals surface area (Å²) in [5.74, 6) is -0.686. The summed E-state index contributed by atoms with van der Waals surface area (Å²) in [5, 5.41) is 0. The lowest BCUT2D eigenvalue weighted by Gasteiger charge is -2.32. The van der Waals surface area contributed by atoms with E-state index >= 15 is 0 Å². The lowest BCUT2D eigenvalue weighted by atomic mass is 10.2. The molecule has 1 aliphatic rings. The monoisotopic (exact) mass is 238 g/mol. The van der Waals surface area contributed by atoms with Crippen LogP contribution >= 0.6 is 0 Å². The molecule has 92 valence electrons. The molecule has 2 rings (SSSR count). The van der Waals surface area contributed by atoms with Gasteiger partial charge in [-0.1, -0.05) is 6.92 Å². The SMILES string of the molecule is CCC1CN(C(=O)c2ccc(F)nc2)CCO1. The maximum Gasteiger partial charge on any atom is 0.255 e. The zero-order chi connectivity index (χ0) is 12.3. The van der Waals surface area contributed by atoms with Gasteiger partial charge in [-0.15, -0.1) is 0 Å². The first-order chi connectivity index (χ1) is 8.20. The topological polar surface area (TPSA) is 42.4 Å². The van der Waals surface area contributed by atoms with Crippen molar-refractivity contribution in [3.05, 3.63) is 29.8 Å². The fraction of sp³-hybridized carbons (Fsp3) is 0.500. The minimum absolute atomic E-state index is 0.0982. The zero-order valence-electron chi connectivity index (χ0n) is 9.73. The molecule has 17 heavy (non-hydrogen) atoms. The van der Waals surface area contributed by atoms with Crippen LogP contribution in [0.3, 0.4) is 0 Å². The number of carbonyl (C=O) groups excluding carboxylic acids is 1. The maximum absolute atomic E-state index is 12.7. The summed E-state index contributed by atoms with van der Waals surface area (Å²) in [6, 6.07) is 2.66. The molecule has 0 spiro atoms. The number of hydrogen-bond acceptors (Lipinski definition) is 3. The number of morpholine rings is 1. The van der Waals surface area contributed by atoms with E-state index in [-0.39, 0.29) is 12.0 Å². The lowest BCUT2D eigenvalue weighted by Crippen LogP contribution is -2.45. The largest absolute Gasteiger partial charge is 0.375 e. The number of nitrogens with zero attached hydrogens (tertiary/aromatic N) is 2. The van der Waals surface area contributed by atoms with Gasteiger partial charge >= 0.3 is 0 Å². The molecule has 0 aliphatic carbocycles. The number of halogens is 1. The Morgan fingerprint density at radius 1 is 1.65 bits per heavy atom. The van der Waals surface area contributed by atoms with Crippen molar-refractivity contribution in [1.29, 1.82) is 0 Å². The molecule has 1 unspecified atom stereocenters. The van der Waals surface area contributed by atoms with Gasteiger partial charge in [-0.05, 0) is 18.6 Å². The molecular formula is C12H15FN2O2. The molecule has 0 bridgehead atoms. The van der Waals surface area contributed by atoms with E-state index in [0.717, 1.165) is 6.42 Å². The molecule has 1 aromatic rings. The third-order valence-electron chi connectivity index (χ3n) is 2.86. The Balaban J connectivity index is 2.06. The average molecular weight is 238 g/mol. The van der Waals surface area contributed by atoms with Crippen molar-refractivity contribution in [2.24, 2.45) is 0 Å². The Kier molecular flexibility index (Phi) is 3.68. The molecule has 1 aliphatic heterocycles. The first kappa shape index (κ1) is 12.0. The van der Waals surface area contributed by atoms with E-state index in [9.17, 15) is 9.18 Å². The number of ether oxygens (including phenoxy) is 1. The van der Waals surface area contributed by atoms with E-state index < -0.39 is 5.95 Å². The third kappa shape index (κ3) is 2.79. The van der Waals surface area contributed by atoms with Gasteiger partial charge in [-0.2, -0.15) is 4.39 Å². The number of hydrogen-bond donors (Lipinski definition) is 0. The van der Waals surface area contributed by atoms with Crippen LogP contribution in [0.5, 0.6) is 0 Å². The van der Waals surface area contributed by atoms with Crippen molar-refractivity contribution in [2.45, 2.75) is 19.4 Å². The van der Waals surface area contributed by atoms with Gasteiger partial charge in [0.25, 0.3) is 5.91 Å². The first-order valence-corrected chi connectivity index (χ1v) is 5.73. The second-order valence-corrected chi connectivity index (χ2v) is 4.02. The van der Waals surface area contributed by atoms with Crippen molar-refractivity contribution in [3.63, 3.8) is 0 Å². The average Bonchev–Trinajstić information content (AvgIpc) is 2.39. The first-order valence-electron chi connectivity index (χ1n) is 5.73. The fourth-order valence-corrected chi connectivity index (χ4v) is 1.84. The lowest BCUT2D eigenvalue weighted by molar-refractivity contribution is -0.0226. The Morgan fingerprint density at radius 2 is 2.47 bits per heavy atom. The second kappa shape index (κ2) is 5.23. The summed E-state index contributed by atoms with van der Waals surface area (Å²) in [7, 11) is 0. The van der Waals surface area contributed by atoms with Crippen molar-refractivity contribution < 1.29 is 13.9 Å². The smallest absolute Gasteiger partial charge is 0.255 e. The predicted molar refractivity (Wildman–Crippen MR) is 60.1 cm³/mol. The molecule has 1 aromatic heterocycles. The fourth-order valence-electron chi connectivity index (χ4n) is 1.84. The van der Waals surface area contributed by atoms with Crippen LogP contribution in [0.2, 0.25) is 0 Å². The van der Waals surface area contributed by atoms with Crippen LogP contribution in [-0.4, -0.2) is 41.6 Å². The normalized spacial score (nSPS) is 20.4. The van der Waals surface area contributed by atoms with E-state index in [1.807, 2.05) is 6.92 Å². The Labute approximate surface area is 99.4 Å². The van der Waals surface area contributed by atoms with Crippen molar-refractivity contribution in [2.75, 3.05) is 19.7 Å². The van der Waals surface area contributed by atoms with E-state index in [1.54, 1.807) is 4.90 Å². The van der Waals surface area contributed by atoms with Gasteiger partial charge in [0.1, 0.15) is 0 Å². The molecular weight excluding hydrogens is 223 g/mol. The van der Waals surface area contributed by atoms with Crippen LogP contribution in [-0.2, 0) is 4.74 Å². The maximum atomic E-state index is 12.7. The zero-order valence-corrected chi connectivity index (χ0v) is 9.73. The molecule has 0 radical (unpaired) electrons. The second-order valence-electron chi connectivity index (χ2n) is 4.02. The van der Waals surface area contributed by atoms with E-state index in [1.165, 1.54) is 18.3 Å². The molecule has 2 heterocycles. The van der Waals surface area contributed by atoms with Crippen LogP contribution in [0.1, 0.15) is 23.7 Å². The third-order valence-corrected chi connectivity index (χ3v) is 2.86. The molecule has 1 atom stereocenters. The number of pyridine rings is 1. The van der Waals surface area contributed by atoms with Gasteiger partial charge < -0.3 is 9.64 Å². The van der Waals surface area contributed by atoms with Gasteiger partial charge in [0.05, 0.1) is 18.3 Å². The highest BCUT2D eigenvalue weighted by Crippen LogP contribution is 2.12. The molecule has 0 N–H and O–H groups in total.